The average Bonchev–Trinajstić information content (AvgIpc) is 3.37. The molecule has 26 heavy (non-hydrogen) atoms. The summed E-state index contributed by atoms with van der Waals surface area (Å²) in [6.45, 7) is 5.39. The van der Waals surface area contributed by atoms with Gasteiger partial charge in [-0.3, -0.25) is 9.69 Å². The second kappa shape index (κ2) is 8.02. The van der Waals surface area contributed by atoms with Gasteiger partial charge in [0.2, 0.25) is 0 Å². The molecule has 1 amide bonds. The van der Waals surface area contributed by atoms with Crippen LogP contribution >= 0.6 is 0 Å². The third-order valence-electron chi connectivity index (χ3n) is 5.52. The lowest BCUT2D eigenvalue weighted by Crippen LogP contribution is -2.18. The van der Waals surface area contributed by atoms with Crippen LogP contribution in [0, 0.1) is 0 Å². The summed E-state index contributed by atoms with van der Waals surface area (Å²) in [5.41, 5.74) is 4.12. The summed E-state index contributed by atoms with van der Waals surface area (Å²) < 4.78 is 0. The number of rotatable bonds is 5. The average molecular weight is 349 g/mol. The lowest BCUT2D eigenvalue weighted by Gasteiger charge is -2.16. The van der Waals surface area contributed by atoms with E-state index in [4.69, 9.17) is 0 Å². The highest BCUT2D eigenvalue weighted by atomic mass is 16.1. The van der Waals surface area contributed by atoms with Gasteiger partial charge < -0.3 is 10.6 Å². The summed E-state index contributed by atoms with van der Waals surface area (Å²) in [6, 6.07) is 16.3. The number of nitrogens with zero attached hydrogens (tertiary/aromatic N) is 1. The molecule has 0 saturated carbocycles. The predicted octanol–water partition coefficient (Wildman–Crippen LogP) is 3.61. The number of hydrogen-bond donors (Lipinski definition) is 2. The van der Waals surface area contributed by atoms with Gasteiger partial charge in [-0.1, -0.05) is 30.3 Å². The van der Waals surface area contributed by atoms with Crippen LogP contribution in [0.3, 0.4) is 0 Å². The van der Waals surface area contributed by atoms with Gasteiger partial charge in [0, 0.05) is 24.3 Å². The first-order valence-corrected chi connectivity index (χ1v) is 9.72. The molecule has 0 radical (unpaired) electrons. The van der Waals surface area contributed by atoms with Gasteiger partial charge in [0.15, 0.2) is 0 Å². The number of hydrogen-bond acceptors (Lipinski definition) is 3. The van der Waals surface area contributed by atoms with E-state index in [0.29, 0.717) is 5.92 Å². The van der Waals surface area contributed by atoms with Crippen molar-refractivity contribution in [2.45, 2.75) is 31.7 Å². The predicted molar refractivity (Wildman–Crippen MR) is 106 cm³/mol. The van der Waals surface area contributed by atoms with Crippen LogP contribution in [0.1, 0.15) is 46.7 Å². The molecular formula is C22H27N3O. The van der Waals surface area contributed by atoms with Crippen molar-refractivity contribution in [2.75, 3.05) is 31.5 Å². The zero-order valence-electron chi connectivity index (χ0n) is 15.2. The monoisotopic (exact) mass is 349 g/mol. The zero-order chi connectivity index (χ0) is 17.8. The fraction of sp³-hybridized carbons (Fsp3) is 0.409. The molecule has 2 saturated heterocycles. The molecule has 0 aliphatic carbocycles. The maximum atomic E-state index is 12.8. The van der Waals surface area contributed by atoms with Crippen molar-refractivity contribution in [3.8, 4) is 0 Å². The Labute approximate surface area is 155 Å². The Hall–Kier alpha value is -2.17. The van der Waals surface area contributed by atoms with Crippen LogP contribution < -0.4 is 10.6 Å². The number of likely N-dealkylation sites (tertiary alicyclic amines) is 1. The van der Waals surface area contributed by atoms with Gasteiger partial charge in [0.1, 0.15) is 0 Å². The molecule has 1 atom stereocenters. The summed E-state index contributed by atoms with van der Waals surface area (Å²) in [6.07, 6.45) is 3.71. The second-order valence-corrected chi connectivity index (χ2v) is 7.41. The van der Waals surface area contributed by atoms with Crippen molar-refractivity contribution in [1.82, 2.24) is 10.2 Å². The van der Waals surface area contributed by atoms with Crippen molar-refractivity contribution < 1.29 is 4.79 Å². The minimum absolute atomic E-state index is 0.0141. The zero-order valence-corrected chi connectivity index (χ0v) is 15.2. The maximum absolute atomic E-state index is 12.8. The molecule has 0 spiro atoms. The molecule has 2 aromatic rings. The Bertz CT molecular complexity index is 744. The van der Waals surface area contributed by atoms with Crippen molar-refractivity contribution >= 4 is 11.6 Å². The van der Waals surface area contributed by atoms with Crippen molar-refractivity contribution in [2.24, 2.45) is 0 Å². The number of anilines is 1. The largest absolute Gasteiger partial charge is 0.322 e. The summed E-state index contributed by atoms with van der Waals surface area (Å²) in [5.74, 6) is 0.416. The van der Waals surface area contributed by atoms with Gasteiger partial charge in [-0.15, -0.1) is 0 Å². The molecule has 2 fully saturated rings. The maximum Gasteiger partial charge on any atom is 0.255 e. The standard InChI is InChI=1S/C22H27N3O/c26-22(21-6-2-1-5-20(21)18-11-12-23-15-18)24-19-9-7-17(8-10-19)16-25-13-3-4-14-25/h1-2,5-10,18,23H,3-4,11-16H2,(H,24,26). The minimum Gasteiger partial charge on any atom is -0.322 e. The van der Waals surface area contributed by atoms with Crippen molar-refractivity contribution in [3.63, 3.8) is 0 Å². The Kier molecular flexibility index (Phi) is 5.32. The van der Waals surface area contributed by atoms with Gasteiger partial charge >= 0.3 is 0 Å². The third kappa shape index (κ3) is 3.97. The summed E-state index contributed by atoms with van der Waals surface area (Å²) >= 11 is 0. The minimum atomic E-state index is -0.0141. The molecule has 2 heterocycles. The molecule has 2 aliphatic rings. The first kappa shape index (κ1) is 17.3. The van der Waals surface area contributed by atoms with Gasteiger partial charge in [0.05, 0.1) is 0 Å². The Morgan fingerprint density at radius 1 is 1.08 bits per heavy atom. The van der Waals surface area contributed by atoms with E-state index < -0.39 is 0 Å². The van der Waals surface area contributed by atoms with E-state index in [1.54, 1.807) is 0 Å². The van der Waals surface area contributed by atoms with E-state index in [9.17, 15) is 4.79 Å². The second-order valence-electron chi connectivity index (χ2n) is 7.41. The Morgan fingerprint density at radius 3 is 2.58 bits per heavy atom. The molecule has 4 nitrogen and oxygen atoms in total. The van der Waals surface area contributed by atoms with Crippen molar-refractivity contribution in [1.29, 1.82) is 0 Å². The number of benzene rings is 2. The van der Waals surface area contributed by atoms with Crippen LogP contribution in [0.4, 0.5) is 5.69 Å². The number of carbonyl (C=O) groups excluding carboxylic acids is 1. The van der Waals surface area contributed by atoms with E-state index >= 15 is 0 Å². The lowest BCUT2D eigenvalue weighted by atomic mass is 9.93. The van der Waals surface area contributed by atoms with Crippen molar-refractivity contribution in [3.05, 3.63) is 65.2 Å². The lowest BCUT2D eigenvalue weighted by molar-refractivity contribution is 0.102. The van der Waals surface area contributed by atoms with E-state index in [1.165, 1.54) is 31.5 Å². The van der Waals surface area contributed by atoms with Gasteiger partial charge in [0.25, 0.3) is 5.91 Å². The van der Waals surface area contributed by atoms with Crippen LogP contribution in [0.15, 0.2) is 48.5 Å². The highest BCUT2D eigenvalue weighted by molar-refractivity contribution is 6.05. The third-order valence-corrected chi connectivity index (χ3v) is 5.52. The highest BCUT2D eigenvalue weighted by Crippen LogP contribution is 2.26. The molecule has 2 aromatic carbocycles. The fourth-order valence-corrected chi connectivity index (χ4v) is 4.07. The number of carbonyl (C=O) groups is 1. The first-order valence-electron chi connectivity index (χ1n) is 9.72. The molecule has 0 bridgehead atoms. The van der Waals surface area contributed by atoms with Crippen LogP contribution in [0.25, 0.3) is 0 Å². The van der Waals surface area contributed by atoms with E-state index in [-0.39, 0.29) is 5.91 Å². The normalized spacial score (nSPS) is 20.4. The van der Waals surface area contributed by atoms with Crippen LogP contribution in [0.5, 0.6) is 0 Å². The Balaban J connectivity index is 1.43. The molecule has 2 N–H and O–H groups in total. The summed E-state index contributed by atoms with van der Waals surface area (Å²) in [4.78, 5) is 15.3. The summed E-state index contributed by atoms with van der Waals surface area (Å²) in [5, 5.41) is 6.46. The number of amides is 1. The van der Waals surface area contributed by atoms with E-state index in [1.807, 2.05) is 30.3 Å². The van der Waals surface area contributed by atoms with Gasteiger partial charge in [-0.2, -0.15) is 0 Å². The smallest absolute Gasteiger partial charge is 0.255 e. The van der Waals surface area contributed by atoms with Gasteiger partial charge in [-0.05, 0) is 74.1 Å². The Morgan fingerprint density at radius 2 is 1.85 bits per heavy atom. The molecular weight excluding hydrogens is 322 g/mol. The molecule has 0 aromatic heterocycles. The van der Waals surface area contributed by atoms with Crippen LogP contribution in [0.2, 0.25) is 0 Å². The molecule has 136 valence electrons. The topological polar surface area (TPSA) is 44.4 Å². The molecule has 4 rings (SSSR count). The number of nitrogens with one attached hydrogen (secondary N) is 2. The first-order chi connectivity index (χ1) is 12.8. The summed E-state index contributed by atoms with van der Waals surface area (Å²) in [7, 11) is 0. The van der Waals surface area contributed by atoms with E-state index in [2.05, 4.69) is 33.7 Å². The fourth-order valence-electron chi connectivity index (χ4n) is 4.07. The quantitative estimate of drug-likeness (QED) is 0.867. The van der Waals surface area contributed by atoms with Crippen LogP contribution in [-0.4, -0.2) is 37.0 Å². The SMILES string of the molecule is O=C(Nc1ccc(CN2CCCC2)cc1)c1ccccc1C1CCNC1. The molecule has 4 heteroatoms. The van der Waals surface area contributed by atoms with E-state index in [0.717, 1.165) is 42.9 Å². The molecule has 1 unspecified atom stereocenters. The van der Waals surface area contributed by atoms with Gasteiger partial charge in [-0.25, -0.2) is 0 Å². The highest BCUT2D eigenvalue weighted by Gasteiger charge is 2.22. The molecule has 2 aliphatic heterocycles. The van der Waals surface area contributed by atoms with Crippen LogP contribution in [-0.2, 0) is 6.54 Å².